The van der Waals surface area contributed by atoms with Gasteiger partial charge in [0.25, 0.3) is 0 Å². The van der Waals surface area contributed by atoms with Crippen LogP contribution in [0.4, 0.5) is 0 Å². The fraction of sp³-hybridized carbons (Fsp3) is 0.290. The van der Waals surface area contributed by atoms with E-state index in [2.05, 4.69) is 17.9 Å². The number of thiophene rings is 1. The molecule has 1 fully saturated rings. The van der Waals surface area contributed by atoms with Crippen LogP contribution in [0.1, 0.15) is 50.2 Å². The fourth-order valence-corrected chi connectivity index (χ4v) is 6.23. The maximum absolute atomic E-state index is 13.9. The molecule has 0 atom stereocenters. The minimum absolute atomic E-state index is 0.0597. The summed E-state index contributed by atoms with van der Waals surface area (Å²) >= 11 is 1.63. The zero-order valence-corrected chi connectivity index (χ0v) is 22.3. The Balaban J connectivity index is 1.46. The number of rotatable bonds is 8. The third kappa shape index (κ3) is 5.31. The van der Waals surface area contributed by atoms with Crippen LogP contribution in [-0.4, -0.2) is 50.0 Å². The predicted molar refractivity (Wildman–Crippen MR) is 149 cm³/mol. The number of hydrogen-bond donors (Lipinski definition) is 0. The number of carbonyl (C=O) groups excluding carboxylic acids is 2. The Morgan fingerprint density at radius 2 is 1.70 bits per heavy atom. The molecule has 6 heteroatoms. The number of benzene rings is 3. The molecule has 1 aliphatic rings. The van der Waals surface area contributed by atoms with Crippen molar-refractivity contribution >= 4 is 33.2 Å². The first-order chi connectivity index (χ1) is 17.9. The normalized spacial score (nSPS) is 13.7. The van der Waals surface area contributed by atoms with Crippen molar-refractivity contribution in [2.75, 3.05) is 33.4 Å². The average molecular weight is 514 g/mol. The van der Waals surface area contributed by atoms with E-state index < -0.39 is 5.97 Å². The minimum Gasteiger partial charge on any atom is -0.492 e. The lowest BCUT2D eigenvalue weighted by Gasteiger charge is -2.15. The zero-order chi connectivity index (χ0) is 25.9. The molecule has 2 heterocycles. The lowest BCUT2D eigenvalue weighted by molar-refractivity contribution is 0.0599. The van der Waals surface area contributed by atoms with E-state index >= 15 is 0 Å². The van der Waals surface area contributed by atoms with E-state index in [1.165, 1.54) is 20.0 Å². The van der Waals surface area contributed by atoms with Crippen LogP contribution in [0.3, 0.4) is 0 Å². The van der Waals surface area contributed by atoms with Gasteiger partial charge >= 0.3 is 5.97 Å². The van der Waals surface area contributed by atoms with Crippen LogP contribution in [0.25, 0.3) is 20.5 Å². The molecule has 1 aromatic heterocycles. The third-order valence-corrected chi connectivity index (χ3v) is 8.16. The lowest BCUT2D eigenvalue weighted by atomic mass is 9.95. The number of carbonyl (C=O) groups is 2. The van der Waals surface area contributed by atoms with Gasteiger partial charge in [0, 0.05) is 32.6 Å². The largest absolute Gasteiger partial charge is 0.492 e. The molecule has 0 spiro atoms. The van der Waals surface area contributed by atoms with E-state index in [-0.39, 0.29) is 5.78 Å². The minimum atomic E-state index is -0.406. The number of hydrogen-bond acceptors (Lipinski definition) is 6. The van der Waals surface area contributed by atoms with Crippen molar-refractivity contribution in [1.82, 2.24) is 4.90 Å². The standard InChI is InChI=1S/C31H31NO4S/c1-20-6-12-26-27(18-20)37-30(22-7-10-24(11-8-22)36-17-16-32-14-4-5-15-32)28(26)29(33)23-9-13-25(21(2)19-23)31(34)35-3/h6-13,18-19H,4-5,14-17H2,1-3H3. The van der Waals surface area contributed by atoms with Gasteiger partial charge in [-0.05, 0) is 98.9 Å². The van der Waals surface area contributed by atoms with Crippen LogP contribution in [-0.2, 0) is 4.74 Å². The molecule has 0 unspecified atom stereocenters. The number of methoxy groups -OCH3 is 1. The summed E-state index contributed by atoms with van der Waals surface area (Å²) < 4.78 is 11.9. The van der Waals surface area contributed by atoms with Crippen LogP contribution in [0.2, 0.25) is 0 Å². The molecule has 0 aliphatic carbocycles. The second-order valence-electron chi connectivity index (χ2n) is 9.58. The van der Waals surface area contributed by atoms with Gasteiger partial charge in [-0.15, -0.1) is 11.3 Å². The Morgan fingerprint density at radius 1 is 0.946 bits per heavy atom. The summed E-state index contributed by atoms with van der Waals surface area (Å²) in [5.41, 5.74) is 4.55. The van der Waals surface area contributed by atoms with E-state index in [9.17, 15) is 9.59 Å². The van der Waals surface area contributed by atoms with E-state index in [1.54, 1.807) is 29.5 Å². The van der Waals surface area contributed by atoms with E-state index in [0.717, 1.165) is 51.5 Å². The highest BCUT2D eigenvalue weighted by Crippen LogP contribution is 2.41. The molecule has 1 aliphatic heterocycles. The van der Waals surface area contributed by atoms with Crippen molar-refractivity contribution < 1.29 is 19.1 Å². The lowest BCUT2D eigenvalue weighted by Crippen LogP contribution is -2.25. The number of likely N-dealkylation sites (tertiary alicyclic amines) is 1. The van der Waals surface area contributed by atoms with Crippen molar-refractivity contribution in [1.29, 1.82) is 0 Å². The highest BCUT2D eigenvalue weighted by atomic mass is 32.1. The summed E-state index contributed by atoms with van der Waals surface area (Å²) in [6.07, 6.45) is 2.55. The molecule has 3 aromatic carbocycles. The molecule has 5 nitrogen and oxygen atoms in total. The van der Waals surface area contributed by atoms with Crippen LogP contribution in [0.5, 0.6) is 5.75 Å². The van der Waals surface area contributed by atoms with Crippen molar-refractivity contribution in [3.05, 3.63) is 88.5 Å². The number of esters is 1. The van der Waals surface area contributed by atoms with Crippen molar-refractivity contribution in [2.24, 2.45) is 0 Å². The Kier molecular flexibility index (Phi) is 7.40. The van der Waals surface area contributed by atoms with Gasteiger partial charge < -0.3 is 9.47 Å². The summed E-state index contributed by atoms with van der Waals surface area (Å²) in [5.74, 6) is 0.369. The van der Waals surface area contributed by atoms with Gasteiger partial charge in [0.05, 0.1) is 12.7 Å². The first-order valence-corrected chi connectivity index (χ1v) is 13.5. The molecule has 190 valence electrons. The molecule has 0 radical (unpaired) electrons. The maximum Gasteiger partial charge on any atom is 0.338 e. The van der Waals surface area contributed by atoms with Crippen LogP contribution >= 0.6 is 11.3 Å². The summed E-state index contributed by atoms with van der Waals surface area (Å²) in [4.78, 5) is 29.3. The molecule has 5 rings (SSSR count). The van der Waals surface area contributed by atoms with E-state index in [0.29, 0.717) is 28.9 Å². The molecular formula is C31H31NO4S. The first kappa shape index (κ1) is 25.2. The van der Waals surface area contributed by atoms with Gasteiger partial charge in [0.2, 0.25) is 0 Å². The number of nitrogens with zero attached hydrogens (tertiary/aromatic N) is 1. The molecule has 1 saturated heterocycles. The van der Waals surface area contributed by atoms with Crippen molar-refractivity contribution in [3.63, 3.8) is 0 Å². The molecule has 0 N–H and O–H groups in total. The van der Waals surface area contributed by atoms with Gasteiger partial charge in [0.1, 0.15) is 12.4 Å². The van der Waals surface area contributed by atoms with E-state index in [1.807, 2.05) is 43.3 Å². The quantitative estimate of drug-likeness (QED) is 0.194. The number of fused-ring (bicyclic) bond motifs is 1. The van der Waals surface area contributed by atoms with Gasteiger partial charge in [-0.3, -0.25) is 9.69 Å². The van der Waals surface area contributed by atoms with Crippen molar-refractivity contribution in [3.8, 4) is 16.2 Å². The smallest absolute Gasteiger partial charge is 0.338 e. The van der Waals surface area contributed by atoms with Gasteiger partial charge in [0.15, 0.2) is 5.78 Å². The Hall–Kier alpha value is -3.48. The van der Waals surface area contributed by atoms with Crippen LogP contribution in [0.15, 0.2) is 60.7 Å². The maximum atomic E-state index is 13.9. The van der Waals surface area contributed by atoms with Crippen molar-refractivity contribution in [2.45, 2.75) is 26.7 Å². The van der Waals surface area contributed by atoms with Crippen LogP contribution in [0, 0.1) is 13.8 Å². The molecule has 0 bridgehead atoms. The molecule has 37 heavy (non-hydrogen) atoms. The summed E-state index contributed by atoms with van der Waals surface area (Å²) in [6, 6.07) is 19.4. The molecular weight excluding hydrogens is 482 g/mol. The second-order valence-corrected chi connectivity index (χ2v) is 10.6. The second kappa shape index (κ2) is 10.9. The summed E-state index contributed by atoms with van der Waals surface area (Å²) in [7, 11) is 1.36. The predicted octanol–water partition coefficient (Wildman–Crippen LogP) is 6.68. The number of ether oxygens (including phenoxy) is 2. The Bertz CT molecular complexity index is 1450. The monoisotopic (exact) mass is 513 g/mol. The SMILES string of the molecule is COC(=O)c1ccc(C(=O)c2c(-c3ccc(OCCN4CCCC4)cc3)sc3cc(C)ccc23)cc1C. The molecule has 4 aromatic rings. The fourth-order valence-electron chi connectivity index (χ4n) is 4.92. The Morgan fingerprint density at radius 3 is 2.41 bits per heavy atom. The highest BCUT2D eigenvalue weighted by Gasteiger charge is 2.23. The topological polar surface area (TPSA) is 55.8 Å². The molecule has 0 saturated carbocycles. The average Bonchev–Trinajstić information content (AvgIpc) is 3.56. The number of aryl methyl sites for hydroxylation is 2. The van der Waals surface area contributed by atoms with Gasteiger partial charge in [-0.2, -0.15) is 0 Å². The molecule has 0 amide bonds. The van der Waals surface area contributed by atoms with E-state index in [4.69, 9.17) is 9.47 Å². The van der Waals surface area contributed by atoms with Gasteiger partial charge in [-0.1, -0.05) is 18.2 Å². The summed E-state index contributed by atoms with van der Waals surface area (Å²) in [5, 5.41) is 0.941. The van der Waals surface area contributed by atoms with Gasteiger partial charge in [-0.25, -0.2) is 4.79 Å². The zero-order valence-electron chi connectivity index (χ0n) is 21.5. The number of ketones is 1. The third-order valence-electron chi connectivity index (χ3n) is 6.96. The highest BCUT2D eigenvalue weighted by molar-refractivity contribution is 7.22. The van der Waals surface area contributed by atoms with Crippen LogP contribution < -0.4 is 4.74 Å². The Labute approximate surface area is 221 Å². The summed E-state index contributed by atoms with van der Waals surface area (Å²) in [6.45, 7) is 7.83. The first-order valence-electron chi connectivity index (χ1n) is 12.7.